The van der Waals surface area contributed by atoms with Crippen LogP contribution in [-0.4, -0.2) is 19.1 Å². The SMILES string of the molecule is C#CC#CCNc1ccc(C(=O)OCC)cc1N. The van der Waals surface area contributed by atoms with Gasteiger partial charge in [-0.15, -0.1) is 6.42 Å². The number of terminal acetylenes is 1. The number of rotatable bonds is 4. The summed E-state index contributed by atoms with van der Waals surface area (Å²) in [5, 5.41) is 3.00. The van der Waals surface area contributed by atoms with E-state index >= 15 is 0 Å². The van der Waals surface area contributed by atoms with Crippen LogP contribution in [0.15, 0.2) is 18.2 Å². The minimum Gasteiger partial charge on any atom is -0.462 e. The van der Waals surface area contributed by atoms with Crippen LogP contribution in [0.3, 0.4) is 0 Å². The summed E-state index contributed by atoms with van der Waals surface area (Å²) in [6, 6.07) is 4.92. The number of carbonyl (C=O) groups excluding carboxylic acids is 1. The second-order valence-corrected chi connectivity index (χ2v) is 3.32. The van der Waals surface area contributed by atoms with Crippen molar-refractivity contribution < 1.29 is 9.53 Å². The van der Waals surface area contributed by atoms with E-state index in [0.29, 0.717) is 30.1 Å². The minimum atomic E-state index is -0.386. The number of esters is 1. The number of benzene rings is 1. The Labute approximate surface area is 107 Å². The molecule has 0 fully saturated rings. The van der Waals surface area contributed by atoms with E-state index in [-0.39, 0.29) is 5.97 Å². The number of nitrogen functional groups attached to an aromatic ring is 1. The van der Waals surface area contributed by atoms with Crippen LogP contribution in [0.2, 0.25) is 0 Å². The summed E-state index contributed by atoms with van der Waals surface area (Å²) in [5.74, 6) is 7.04. The molecule has 3 N–H and O–H groups in total. The third kappa shape index (κ3) is 3.77. The molecule has 92 valence electrons. The summed E-state index contributed by atoms with van der Waals surface area (Å²) < 4.78 is 4.88. The van der Waals surface area contributed by atoms with E-state index < -0.39 is 0 Å². The molecule has 0 saturated heterocycles. The zero-order valence-electron chi connectivity index (χ0n) is 10.1. The summed E-state index contributed by atoms with van der Waals surface area (Å²) in [6.07, 6.45) is 4.99. The fourth-order valence-corrected chi connectivity index (χ4v) is 1.30. The molecule has 0 heterocycles. The van der Waals surface area contributed by atoms with Crippen molar-refractivity contribution in [1.82, 2.24) is 0 Å². The van der Waals surface area contributed by atoms with Crippen molar-refractivity contribution >= 4 is 17.3 Å². The summed E-state index contributed by atoms with van der Waals surface area (Å²) in [6.45, 7) is 2.48. The maximum absolute atomic E-state index is 11.5. The van der Waals surface area contributed by atoms with Crippen LogP contribution in [0.4, 0.5) is 11.4 Å². The standard InChI is InChI=1S/C14H14N2O2/c1-3-5-6-9-16-13-8-7-11(10-12(13)15)14(17)18-4-2/h1,7-8,10,16H,4,9,15H2,2H3. The normalized spacial score (nSPS) is 8.67. The first-order valence-electron chi connectivity index (χ1n) is 5.43. The molecule has 4 nitrogen and oxygen atoms in total. The van der Waals surface area contributed by atoms with Crippen molar-refractivity contribution in [3.63, 3.8) is 0 Å². The van der Waals surface area contributed by atoms with Crippen molar-refractivity contribution in [2.45, 2.75) is 6.92 Å². The van der Waals surface area contributed by atoms with Gasteiger partial charge in [-0.3, -0.25) is 0 Å². The van der Waals surface area contributed by atoms with Crippen molar-refractivity contribution in [3.05, 3.63) is 23.8 Å². The molecule has 0 aliphatic carbocycles. The van der Waals surface area contributed by atoms with Crippen LogP contribution >= 0.6 is 0 Å². The lowest BCUT2D eigenvalue weighted by atomic mass is 10.1. The van der Waals surface area contributed by atoms with Crippen molar-refractivity contribution in [2.75, 3.05) is 24.2 Å². The van der Waals surface area contributed by atoms with E-state index in [4.69, 9.17) is 16.9 Å². The highest BCUT2D eigenvalue weighted by atomic mass is 16.5. The number of hydrogen-bond donors (Lipinski definition) is 2. The molecule has 0 spiro atoms. The summed E-state index contributed by atoms with van der Waals surface area (Å²) in [5.41, 5.74) is 7.40. The second kappa shape index (κ2) is 6.88. The van der Waals surface area contributed by atoms with Gasteiger partial charge < -0.3 is 15.8 Å². The molecule has 1 aromatic carbocycles. The van der Waals surface area contributed by atoms with E-state index in [1.54, 1.807) is 25.1 Å². The van der Waals surface area contributed by atoms with Crippen LogP contribution in [0.1, 0.15) is 17.3 Å². The molecule has 0 amide bonds. The quantitative estimate of drug-likeness (QED) is 0.477. The van der Waals surface area contributed by atoms with Crippen molar-refractivity contribution in [1.29, 1.82) is 0 Å². The first-order valence-corrected chi connectivity index (χ1v) is 5.43. The van der Waals surface area contributed by atoms with Gasteiger partial charge in [0, 0.05) is 0 Å². The Balaban J connectivity index is 2.74. The maximum Gasteiger partial charge on any atom is 0.338 e. The molecule has 0 aliphatic rings. The van der Waals surface area contributed by atoms with Gasteiger partial charge in [0.2, 0.25) is 0 Å². The van der Waals surface area contributed by atoms with Gasteiger partial charge >= 0.3 is 5.97 Å². The number of carbonyl (C=O) groups is 1. The molecule has 0 aliphatic heterocycles. The Morgan fingerprint density at radius 2 is 2.33 bits per heavy atom. The molecular formula is C14H14N2O2. The van der Waals surface area contributed by atoms with Gasteiger partial charge in [0.05, 0.1) is 30.1 Å². The first-order chi connectivity index (χ1) is 8.69. The average molecular weight is 242 g/mol. The Morgan fingerprint density at radius 1 is 1.56 bits per heavy atom. The number of ether oxygens (including phenoxy) is 1. The minimum absolute atomic E-state index is 0.334. The molecular weight excluding hydrogens is 228 g/mol. The zero-order chi connectivity index (χ0) is 13.4. The van der Waals surface area contributed by atoms with Gasteiger partial charge in [0.15, 0.2) is 0 Å². The van der Waals surface area contributed by atoms with E-state index in [1.165, 1.54) is 0 Å². The van der Waals surface area contributed by atoms with Gasteiger partial charge in [-0.2, -0.15) is 0 Å². The molecule has 0 radical (unpaired) electrons. The van der Waals surface area contributed by atoms with Crippen LogP contribution < -0.4 is 11.1 Å². The van der Waals surface area contributed by atoms with Gasteiger partial charge in [0.25, 0.3) is 0 Å². The highest BCUT2D eigenvalue weighted by Crippen LogP contribution is 2.20. The predicted molar refractivity (Wildman–Crippen MR) is 71.9 cm³/mol. The molecule has 0 bridgehead atoms. The maximum atomic E-state index is 11.5. The Hall–Kier alpha value is -2.59. The third-order valence-electron chi connectivity index (χ3n) is 2.09. The molecule has 1 rings (SSSR count). The van der Waals surface area contributed by atoms with E-state index in [9.17, 15) is 4.79 Å². The van der Waals surface area contributed by atoms with Crippen LogP contribution in [0.25, 0.3) is 0 Å². The molecule has 0 atom stereocenters. The fraction of sp³-hybridized carbons (Fsp3) is 0.214. The van der Waals surface area contributed by atoms with Crippen LogP contribution in [0, 0.1) is 24.2 Å². The molecule has 4 heteroatoms. The lowest BCUT2D eigenvalue weighted by molar-refractivity contribution is 0.0526. The Kier molecular flexibility index (Phi) is 5.15. The molecule has 0 aromatic heterocycles. The van der Waals surface area contributed by atoms with Gasteiger partial charge in [-0.05, 0) is 37.0 Å². The van der Waals surface area contributed by atoms with Gasteiger partial charge in [-0.25, -0.2) is 4.79 Å². The Morgan fingerprint density at radius 3 is 2.94 bits per heavy atom. The number of nitrogens with one attached hydrogen (secondary N) is 1. The van der Waals surface area contributed by atoms with Crippen molar-refractivity contribution in [3.8, 4) is 24.2 Å². The highest BCUT2D eigenvalue weighted by Gasteiger charge is 2.08. The van der Waals surface area contributed by atoms with E-state index in [0.717, 1.165) is 0 Å². The lowest BCUT2D eigenvalue weighted by Gasteiger charge is -2.08. The first kappa shape index (κ1) is 13.5. The number of nitrogens with two attached hydrogens (primary N) is 1. The topological polar surface area (TPSA) is 64.3 Å². The summed E-state index contributed by atoms with van der Waals surface area (Å²) in [7, 11) is 0. The number of hydrogen-bond acceptors (Lipinski definition) is 4. The van der Waals surface area contributed by atoms with Crippen LogP contribution in [0.5, 0.6) is 0 Å². The predicted octanol–water partition coefficient (Wildman–Crippen LogP) is 1.49. The second-order valence-electron chi connectivity index (χ2n) is 3.32. The molecule has 0 saturated carbocycles. The van der Waals surface area contributed by atoms with E-state index in [1.807, 2.05) is 0 Å². The lowest BCUT2D eigenvalue weighted by Crippen LogP contribution is -2.07. The number of anilines is 2. The fourth-order valence-electron chi connectivity index (χ4n) is 1.30. The largest absolute Gasteiger partial charge is 0.462 e. The van der Waals surface area contributed by atoms with Gasteiger partial charge in [-0.1, -0.05) is 5.92 Å². The van der Waals surface area contributed by atoms with Gasteiger partial charge in [0.1, 0.15) is 0 Å². The summed E-state index contributed by atoms with van der Waals surface area (Å²) >= 11 is 0. The molecule has 0 unspecified atom stereocenters. The zero-order valence-corrected chi connectivity index (χ0v) is 10.1. The summed E-state index contributed by atoms with van der Waals surface area (Å²) in [4.78, 5) is 11.5. The monoisotopic (exact) mass is 242 g/mol. The molecule has 1 aromatic rings. The average Bonchev–Trinajstić information content (AvgIpc) is 2.36. The molecule has 18 heavy (non-hydrogen) atoms. The smallest absolute Gasteiger partial charge is 0.338 e. The van der Waals surface area contributed by atoms with Crippen molar-refractivity contribution in [2.24, 2.45) is 0 Å². The Bertz CT molecular complexity index is 533. The van der Waals surface area contributed by atoms with E-state index in [2.05, 4.69) is 23.1 Å². The highest BCUT2D eigenvalue weighted by molar-refractivity contribution is 5.91. The third-order valence-corrected chi connectivity index (χ3v) is 2.09. The van der Waals surface area contributed by atoms with Crippen LogP contribution in [-0.2, 0) is 4.74 Å².